The molecule has 2 N–H and O–H groups in total. The van der Waals surface area contributed by atoms with Gasteiger partial charge in [0.15, 0.2) is 0 Å². The van der Waals surface area contributed by atoms with Gasteiger partial charge >= 0.3 is 6.09 Å². The summed E-state index contributed by atoms with van der Waals surface area (Å²) in [5.74, 6) is 1.02. The number of benzene rings is 3. The number of hydroxylamine groups is 2. The standard InChI is InChI=1S/C41H53N5O3Si/c1-39(2,3)33-26-34(28-44(27-33)38(47)48)43-37-35-24-25-45(36(35)42-29-46(37)49-50(7,8)40(4,5)6)41(30-18-12-9-13-19-30,31-20-14-10-15-21-31)32-22-16-11-17-23-32/h9-25,29,33-34,37,43H,26-28H2,1-8H3,(H,47,48)/t33-,34+,37?/m0/s1. The number of nitrogens with one attached hydrogen (secondary N) is 1. The number of amides is 1. The van der Waals surface area contributed by atoms with Gasteiger partial charge in [0.05, 0.1) is 0 Å². The van der Waals surface area contributed by atoms with Crippen molar-refractivity contribution in [3.8, 4) is 0 Å². The molecule has 6 rings (SSSR count). The Kier molecular flexibility index (Phi) is 9.63. The fourth-order valence-electron chi connectivity index (χ4n) is 7.20. The van der Waals surface area contributed by atoms with E-state index in [0.29, 0.717) is 13.1 Å². The van der Waals surface area contributed by atoms with E-state index >= 15 is 0 Å². The van der Waals surface area contributed by atoms with Gasteiger partial charge in [0.1, 0.15) is 23.9 Å². The smallest absolute Gasteiger partial charge is 0.407 e. The predicted octanol–water partition coefficient (Wildman–Crippen LogP) is 9.24. The van der Waals surface area contributed by atoms with Crippen LogP contribution in [0.5, 0.6) is 0 Å². The quantitative estimate of drug-likeness (QED) is 0.142. The predicted molar refractivity (Wildman–Crippen MR) is 204 cm³/mol. The number of rotatable bonds is 8. The zero-order chi connectivity index (χ0) is 35.9. The van der Waals surface area contributed by atoms with Gasteiger partial charge in [-0.2, -0.15) is 0 Å². The Morgan fingerprint density at radius 3 is 1.80 bits per heavy atom. The molecule has 9 heteroatoms. The lowest BCUT2D eigenvalue weighted by Crippen LogP contribution is -2.57. The van der Waals surface area contributed by atoms with Gasteiger partial charge in [-0.3, -0.25) is 5.32 Å². The van der Waals surface area contributed by atoms with E-state index in [9.17, 15) is 9.90 Å². The minimum absolute atomic E-state index is 0.0387. The van der Waals surface area contributed by atoms with Crippen LogP contribution in [-0.4, -0.2) is 59.5 Å². The Hall–Kier alpha value is -4.18. The molecule has 1 saturated heterocycles. The molecule has 0 aliphatic carbocycles. The van der Waals surface area contributed by atoms with Gasteiger partial charge < -0.3 is 19.1 Å². The van der Waals surface area contributed by atoms with Crippen LogP contribution >= 0.6 is 0 Å². The molecule has 1 fully saturated rings. The molecule has 1 aromatic heterocycles. The summed E-state index contributed by atoms with van der Waals surface area (Å²) in [4.78, 5) is 19.2. The van der Waals surface area contributed by atoms with Crippen molar-refractivity contribution in [1.29, 1.82) is 0 Å². The Labute approximate surface area is 298 Å². The summed E-state index contributed by atoms with van der Waals surface area (Å²) in [6.45, 7) is 18.7. The van der Waals surface area contributed by atoms with E-state index in [-0.39, 0.29) is 22.4 Å². The van der Waals surface area contributed by atoms with Crippen molar-refractivity contribution in [2.45, 2.75) is 83.8 Å². The van der Waals surface area contributed by atoms with Gasteiger partial charge in [-0.05, 0) is 58.6 Å². The minimum Gasteiger partial charge on any atom is -0.465 e. The van der Waals surface area contributed by atoms with Crippen LogP contribution in [0.4, 0.5) is 10.6 Å². The zero-order valence-electron chi connectivity index (χ0n) is 30.8. The fraction of sp³-hybridized carbons (Fsp3) is 0.415. The molecule has 0 saturated carbocycles. The van der Waals surface area contributed by atoms with Gasteiger partial charge in [0, 0.05) is 30.9 Å². The maximum atomic E-state index is 12.4. The first-order valence-electron chi connectivity index (χ1n) is 17.8. The van der Waals surface area contributed by atoms with E-state index in [1.54, 1.807) is 4.90 Å². The third-order valence-electron chi connectivity index (χ3n) is 11.1. The highest BCUT2D eigenvalue weighted by molar-refractivity contribution is 6.74. The van der Waals surface area contributed by atoms with E-state index in [1.807, 2.05) is 11.4 Å². The lowest BCUT2D eigenvalue weighted by Gasteiger charge is -2.46. The van der Waals surface area contributed by atoms with Crippen LogP contribution in [0.3, 0.4) is 0 Å². The lowest BCUT2D eigenvalue weighted by atomic mass is 9.75. The van der Waals surface area contributed by atoms with E-state index < -0.39 is 26.1 Å². The van der Waals surface area contributed by atoms with Crippen molar-refractivity contribution in [1.82, 2.24) is 19.8 Å². The highest BCUT2D eigenvalue weighted by Gasteiger charge is 2.46. The summed E-state index contributed by atoms with van der Waals surface area (Å²) in [7, 11) is -2.30. The summed E-state index contributed by atoms with van der Waals surface area (Å²) >= 11 is 0. The molecule has 1 amide bonds. The number of piperidine rings is 1. The highest BCUT2D eigenvalue weighted by Crippen LogP contribution is 2.47. The minimum atomic E-state index is -2.30. The second kappa shape index (κ2) is 13.5. The first-order valence-corrected chi connectivity index (χ1v) is 20.7. The number of nitrogens with zero attached hydrogens (tertiary/aromatic N) is 4. The molecule has 0 bridgehead atoms. The number of carbonyl (C=O) groups is 1. The van der Waals surface area contributed by atoms with Crippen molar-refractivity contribution < 1.29 is 14.4 Å². The molecule has 0 radical (unpaired) electrons. The molecule has 3 atom stereocenters. The van der Waals surface area contributed by atoms with Crippen LogP contribution in [0.2, 0.25) is 18.1 Å². The number of aliphatic imine (C=N–C) groups is 1. The topological polar surface area (TPSA) is 82.3 Å². The number of fused-ring (bicyclic) bond motifs is 1. The second-order valence-corrected chi connectivity index (χ2v) is 21.2. The monoisotopic (exact) mass is 691 g/mol. The van der Waals surface area contributed by atoms with Crippen molar-refractivity contribution >= 4 is 26.6 Å². The molecule has 1 unspecified atom stereocenters. The van der Waals surface area contributed by atoms with Crippen LogP contribution in [-0.2, 0) is 10.1 Å². The Morgan fingerprint density at radius 2 is 1.34 bits per heavy atom. The molecule has 2 aliphatic rings. The Morgan fingerprint density at radius 1 is 0.820 bits per heavy atom. The summed E-state index contributed by atoms with van der Waals surface area (Å²) in [5, 5.41) is 16.0. The van der Waals surface area contributed by atoms with Crippen LogP contribution in [0.25, 0.3) is 0 Å². The van der Waals surface area contributed by atoms with Gasteiger partial charge in [-0.25, -0.2) is 14.9 Å². The number of likely N-dealkylation sites (tertiary alicyclic amines) is 1. The van der Waals surface area contributed by atoms with E-state index in [2.05, 4.69) is 168 Å². The molecular formula is C41H53N5O3Si. The van der Waals surface area contributed by atoms with Crippen molar-refractivity contribution in [2.24, 2.45) is 16.3 Å². The van der Waals surface area contributed by atoms with Crippen LogP contribution < -0.4 is 5.32 Å². The molecule has 4 aromatic rings. The fourth-order valence-corrected chi connectivity index (χ4v) is 8.15. The Balaban J connectivity index is 1.53. The summed E-state index contributed by atoms with van der Waals surface area (Å²) in [6, 6.07) is 33.9. The zero-order valence-corrected chi connectivity index (χ0v) is 31.8. The molecule has 2 aliphatic heterocycles. The third-order valence-corrected chi connectivity index (χ3v) is 15.4. The Bertz CT molecular complexity index is 1700. The van der Waals surface area contributed by atoms with Crippen molar-refractivity contribution in [3.63, 3.8) is 0 Å². The van der Waals surface area contributed by atoms with Crippen LogP contribution in [0.1, 0.15) is 76.4 Å². The number of hydrogen-bond acceptors (Lipinski definition) is 5. The molecule has 0 spiro atoms. The average molecular weight is 692 g/mol. The van der Waals surface area contributed by atoms with Crippen LogP contribution in [0, 0.1) is 11.3 Å². The van der Waals surface area contributed by atoms with E-state index in [4.69, 9.17) is 9.52 Å². The van der Waals surface area contributed by atoms with E-state index in [0.717, 1.165) is 34.5 Å². The van der Waals surface area contributed by atoms with Crippen molar-refractivity contribution in [3.05, 3.63) is 126 Å². The molecule has 8 nitrogen and oxygen atoms in total. The summed E-state index contributed by atoms with van der Waals surface area (Å²) in [5.41, 5.74) is 3.56. The van der Waals surface area contributed by atoms with Gasteiger partial charge in [0.25, 0.3) is 0 Å². The largest absolute Gasteiger partial charge is 0.465 e. The van der Waals surface area contributed by atoms with Gasteiger partial charge in [-0.15, -0.1) is 0 Å². The van der Waals surface area contributed by atoms with Crippen molar-refractivity contribution in [2.75, 3.05) is 13.1 Å². The molecule has 3 aromatic carbocycles. The summed E-state index contributed by atoms with van der Waals surface area (Å²) in [6.07, 6.45) is 3.57. The van der Waals surface area contributed by atoms with Gasteiger partial charge in [-0.1, -0.05) is 133 Å². The van der Waals surface area contributed by atoms with Gasteiger partial charge in [0.2, 0.25) is 8.32 Å². The normalized spacial score (nSPS) is 20.1. The molecule has 3 heterocycles. The average Bonchev–Trinajstić information content (AvgIpc) is 3.51. The van der Waals surface area contributed by atoms with E-state index in [1.165, 1.54) is 0 Å². The number of hydrogen-bond donors (Lipinski definition) is 2. The number of carboxylic acid groups (broad SMARTS) is 1. The molecular weight excluding hydrogens is 639 g/mol. The lowest BCUT2D eigenvalue weighted by molar-refractivity contribution is -0.0554. The summed E-state index contributed by atoms with van der Waals surface area (Å²) < 4.78 is 9.30. The maximum Gasteiger partial charge on any atom is 0.407 e. The first kappa shape index (κ1) is 35.6. The highest BCUT2D eigenvalue weighted by atomic mass is 28.4. The number of aromatic nitrogens is 1. The molecule has 50 heavy (non-hydrogen) atoms. The maximum absolute atomic E-state index is 12.4. The SMILES string of the molecule is CC(C)(C)[C@H]1C[C@@H](NC2c3ccn(C(c4ccccc4)(c4ccccc4)c4ccccc4)c3N=CN2O[Si](C)(C)C(C)(C)C)CN(C(=O)O)C1. The first-order chi connectivity index (χ1) is 23.6. The second-order valence-electron chi connectivity index (χ2n) is 16.5. The molecule has 264 valence electrons. The third kappa shape index (κ3) is 6.66. The van der Waals surface area contributed by atoms with Crippen LogP contribution in [0.15, 0.2) is 108 Å².